The van der Waals surface area contributed by atoms with E-state index in [1.807, 2.05) is 19.4 Å². The van der Waals surface area contributed by atoms with E-state index in [1.54, 1.807) is 0 Å². The first kappa shape index (κ1) is 16.8. The molecule has 3 atom stereocenters. The number of likely N-dealkylation sites (tertiary alicyclic amines) is 1. The minimum absolute atomic E-state index is 0.202. The maximum atomic E-state index is 6.28. The molecule has 3 fully saturated rings. The molecule has 1 aromatic rings. The highest BCUT2D eigenvalue weighted by molar-refractivity contribution is 6.29. The number of pyridine rings is 1. The molecule has 0 amide bonds. The number of nitrogens with zero attached hydrogens (tertiary/aromatic N) is 2. The summed E-state index contributed by atoms with van der Waals surface area (Å²) in [5.41, 5.74) is 1.01. The molecule has 2 saturated heterocycles. The third-order valence-corrected chi connectivity index (χ3v) is 6.66. The van der Waals surface area contributed by atoms with Crippen LogP contribution in [-0.2, 0) is 15.1 Å². The Morgan fingerprint density at radius 2 is 1.92 bits per heavy atom. The van der Waals surface area contributed by atoms with Crippen LogP contribution in [0.15, 0.2) is 18.3 Å². The Balaban J connectivity index is 1.64. The molecular formula is C19H27ClN2O2. The molecule has 5 heteroatoms. The van der Waals surface area contributed by atoms with E-state index in [4.69, 9.17) is 21.1 Å². The normalized spacial score (nSPS) is 35.1. The summed E-state index contributed by atoms with van der Waals surface area (Å²) in [6.45, 7) is 4.06. The van der Waals surface area contributed by atoms with Crippen LogP contribution in [0.3, 0.4) is 0 Å². The predicted octanol–water partition coefficient (Wildman–Crippen LogP) is 3.49. The maximum Gasteiger partial charge on any atom is 0.129 e. The van der Waals surface area contributed by atoms with Crippen molar-refractivity contribution in [1.82, 2.24) is 9.88 Å². The molecule has 1 aromatic heterocycles. The summed E-state index contributed by atoms with van der Waals surface area (Å²) < 4.78 is 11.8. The number of hydrogen-bond donors (Lipinski definition) is 0. The molecule has 3 aliphatic rings. The van der Waals surface area contributed by atoms with E-state index in [1.165, 1.54) is 37.7 Å². The summed E-state index contributed by atoms with van der Waals surface area (Å²) in [6.07, 6.45) is 7.91. The van der Waals surface area contributed by atoms with E-state index in [-0.39, 0.29) is 5.60 Å². The Morgan fingerprint density at radius 3 is 2.54 bits per heavy atom. The average molecular weight is 351 g/mol. The Labute approximate surface area is 149 Å². The highest BCUT2D eigenvalue weighted by Crippen LogP contribution is 2.52. The lowest BCUT2D eigenvalue weighted by atomic mass is 9.62. The zero-order valence-corrected chi connectivity index (χ0v) is 15.2. The molecule has 0 spiro atoms. The summed E-state index contributed by atoms with van der Waals surface area (Å²) >= 11 is 6.20. The van der Waals surface area contributed by atoms with E-state index in [9.17, 15) is 0 Å². The topological polar surface area (TPSA) is 34.6 Å². The highest BCUT2D eigenvalue weighted by atomic mass is 35.5. The van der Waals surface area contributed by atoms with Crippen molar-refractivity contribution in [3.05, 3.63) is 29.0 Å². The molecule has 3 heterocycles. The van der Waals surface area contributed by atoms with Crippen molar-refractivity contribution in [2.45, 2.75) is 43.7 Å². The van der Waals surface area contributed by atoms with Gasteiger partial charge in [-0.3, -0.25) is 4.90 Å². The van der Waals surface area contributed by atoms with Gasteiger partial charge in [-0.2, -0.15) is 0 Å². The van der Waals surface area contributed by atoms with Crippen LogP contribution in [0.2, 0.25) is 5.15 Å². The van der Waals surface area contributed by atoms with Gasteiger partial charge in [0.1, 0.15) is 10.8 Å². The Bertz CT molecular complexity index is 562. The Kier molecular flexibility index (Phi) is 4.83. The number of hydrogen-bond acceptors (Lipinski definition) is 4. The lowest BCUT2D eigenvalue weighted by molar-refractivity contribution is -0.177. The van der Waals surface area contributed by atoms with Crippen LogP contribution in [0.4, 0.5) is 0 Å². The minimum Gasteiger partial charge on any atom is -0.381 e. The van der Waals surface area contributed by atoms with E-state index in [0.29, 0.717) is 23.0 Å². The maximum absolute atomic E-state index is 6.28. The lowest BCUT2D eigenvalue weighted by Gasteiger charge is -2.57. The lowest BCUT2D eigenvalue weighted by Crippen LogP contribution is -2.61. The highest BCUT2D eigenvalue weighted by Gasteiger charge is 2.54. The van der Waals surface area contributed by atoms with Crippen molar-refractivity contribution in [2.75, 3.05) is 33.4 Å². The van der Waals surface area contributed by atoms with Crippen LogP contribution in [-0.4, -0.2) is 49.3 Å². The molecule has 2 bridgehead atoms. The fourth-order valence-electron chi connectivity index (χ4n) is 5.38. The van der Waals surface area contributed by atoms with Crippen molar-refractivity contribution in [2.24, 2.45) is 11.8 Å². The van der Waals surface area contributed by atoms with Crippen LogP contribution in [0, 0.1) is 11.8 Å². The van der Waals surface area contributed by atoms with Crippen LogP contribution in [0.1, 0.15) is 37.7 Å². The first-order valence-electron chi connectivity index (χ1n) is 9.23. The number of ether oxygens (including phenoxy) is 2. The van der Waals surface area contributed by atoms with Gasteiger partial charge in [-0.1, -0.05) is 18.0 Å². The standard InChI is InChI=1S/C19H27ClN2O2/c1-23-19(14-5-8-21-18(20)11-14)15-3-2-4-16(19)13-22(12-15)17-6-9-24-10-7-17/h5,8,11,15-17H,2-4,6-7,9-10,12-13H2,1H3/t15-,16+,19+. The molecule has 0 radical (unpaired) electrons. The number of halogens is 1. The summed E-state index contributed by atoms with van der Waals surface area (Å²) in [7, 11) is 1.88. The Morgan fingerprint density at radius 1 is 1.21 bits per heavy atom. The molecule has 0 aromatic carbocycles. The molecule has 4 nitrogen and oxygen atoms in total. The van der Waals surface area contributed by atoms with Crippen molar-refractivity contribution in [1.29, 1.82) is 0 Å². The van der Waals surface area contributed by atoms with Gasteiger partial charge in [-0.25, -0.2) is 4.98 Å². The summed E-state index contributed by atoms with van der Waals surface area (Å²) in [5, 5.41) is 0.564. The molecule has 0 unspecified atom stereocenters. The number of rotatable bonds is 3. The first-order chi connectivity index (χ1) is 11.7. The smallest absolute Gasteiger partial charge is 0.129 e. The van der Waals surface area contributed by atoms with E-state index >= 15 is 0 Å². The summed E-state index contributed by atoms with van der Waals surface area (Å²) in [5.74, 6) is 1.05. The van der Waals surface area contributed by atoms with Crippen molar-refractivity contribution < 1.29 is 9.47 Å². The molecule has 1 saturated carbocycles. The van der Waals surface area contributed by atoms with Crippen molar-refractivity contribution in [3.63, 3.8) is 0 Å². The summed E-state index contributed by atoms with van der Waals surface area (Å²) in [6, 6.07) is 4.79. The molecule has 0 N–H and O–H groups in total. The number of methoxy groups -OCH3 is 1. The number of fused-ring (bicyclic) bond motifs is 2. The second-order valence-corrected chi connectivity index (χ2v) is 7.87. The van der Waals surface area contributed by atoms with Gasteiger partial charge in [-0.15, -0.1) is 0 Å². The largest absolute Gasteiger partial charge is 0.381 e. The molecule has 4 rings (SSSR count). The van der Waals surface area contributed by atoms with E-state index in [2.05, 4.69) is 16.0 Å². The monoisotopic (exact) mass is 350 g/mol. The summed E-state index contributed by atoms with van der Waals surface area (Å²) in [4.78, 5) is 6.89. The molecular weight excluding hydrogens is 324 g/mol. The van der Waals surface area contributed by atoms with Crippen LogP contribution >= 0.6 is 11.6 Å². The van der Waals surface area contributed by atoms with Gasteiger partial charge in [0.2, 0.25) is 0 Å². The SMILES string of the molecule is CO[C@@]1(c2ccnc(Cl)c2)[C@@H]2CCC[C@H]1CN(C1CCOCC1)C2. The quantitative estimate of drug-likeness (QED) is 0.782. The molecule has 1 aliphatic carbocycles. The minimum atomic E-state index is -0.202. The van der Waals surface area contributed by atoms with Gasteiger partial charge >= 0.3 is 0 Å². The third kappa shape index (κ3) is 2.78. The van der Waals surface area contributed by atoms with Crippen LogP contribution < -0.4 is 0 Å². The second kappa shape index (κ2) is 6.91. The van der Waals surface area contributed by atoms with Gasteiger partial charge in [0.05, 0.1) is 0 Å². The molecule has 132 valence electrons. The van der Waals surface area contributed by atoms with Crippen molar-refractivity contribution >= 4 is 11.6 Å². The van der Waals surface area contributed by atoms with Gasteiger partial charge in [0, 0.05) is 57.5 Å². The fraction of sp³-hybridized carbons (Fsp3) is 0.737. The van der Waals surface area contributed by atoms with E-state index in [0.717, 1.165) is 26.3 Å². The van der Waals surface area contributed by atoms with Crippen LogP contribution in [0.25, 0.3) is 0 Å². The van der Waals surface area contributed by atoms with E-state index < -0.39 is 0 Å². The van der Waals surface area contributed by atoms with Gasteiger partial charge in [-0.05, 0) is 43.4 Å². The number of piperidine rings is 1. The van der Waals surface area contributed by atoms with Crippen LogP contribution in [0.5, 0.6) is 0 Å². The first-order valence-corrected chi connectivity index (χ1v) is 9.61. The fourth-order valence-corrected chi connectivity index (χ4v) is 5.56. The van der Waals surface area contributed by atoms with Gasteiger partial charge in [0.25, 0.3) is 0 Å². The Hall–Kier alpha value is -0.680. The zero-order chi connectivity index (χ0) is 16.6. The molecule has 2 aliphatic heterocycles. The average Bonchev–Trinajstić information content (AvgIpc) is 2.61. The third-order valence-electron chi connectivity index (χ3n) is 6.45. The second-order valence-electron chi connectivity index (χ2n) is 7.49. The van der Waals surface area contributed by atoms with Gasteiger partial charge in [0.15, 0.2) is 0 Å². The van der Waals surface area contributed by atoms with Crippen molar-refractivity contribution in [3.8, 4) is 0 Å². The predicted molar refractivity (Wildman–Crippen MR) is 94.2 cm³/mol. The van der Waals surface area contributed by atoms with Gasteiger partial charge < -0.3 is 9.47 Å². The zero-order valence-electron chi connectivity index (χ0n) is 14.4. The number of aromatic nitrogens is 1. The molecule has 24 heavy (non-hydrogen) atoms.